The zero-order valence-corrected chi connectivity index (χ0v) is 12.8. The van der Waals surface area contributed by atoms with Crippen molar-refractivity contribution in [2.75, 3.05) is 0 Å². The van der Waals surface area contributed by atoms with E-state index in [1.165, 1.54) is 15.0 Å². The summed E-state index contributed by atoms with van der Waals surface area (Å²) in [5.41, 5.74) is 1.67. The molecule has 96 valence electrons. The average Bonchev–Trinajstić information content (AvgIpc) is 2.78. The van der Waals surface area contributed by atoms with E-state index in [2.05, 4.69) is 34.1 Å². The molecule has 0 fully saturated rings. The van der Waals surface area contributed by atoms with Gasteiger partial charge in [-0.3, -0.25) is 0 Å². The molecule has 0 saturated heterocycles. The number of halogens is 2. The highest BCUT2D eigenvalue weighted by molar-refractivity contribution is 9.10. The predicted molar refractivity (Wildman–Crippen MR) is 83.5 cm³/mol. The van der Waals surface area contributed by atoms with Crippen LogP contribution in [0, 0.1) is 12.7 Å². The van der Waals surface area contributed by atoms with Crippen molar-refractivity contribution in [3.8, 4) is 0 Å². The Bertz CT molecular complexity index is 713. The molecule has 0 aliphatic rings. The Hall–Kier alpha value is -1.19. The van der Waals surface area contributed by atoms with Crippen molar-refractivity contribution in [2.45, 2.75) is 13.3 Å². The van der Waals surface area contributed by atoms with Gasteiger partial charge < -0.3 is 0 Å². The fourth-order valence-electron chi connectivity index (χ4n) is 2.13. The van der Waals surface area contributed by atoms with Gasteiger partial charge in [0.05, 0.1) is 0 Å². The van der Waals surface area contributed by atoms with Gasteiger partial charge in [0.15, 0.2) is 0 Å². The third kappa shape index (κ3) is 2.58. The molecule has 0 aliphatic heterocycles. The van der Waals surface area contributed by atoms with Crippen molar-refractivity contribution in [3.63, 3.8) is 0 Å². The fourth-order valence-corrected chi connectivity index (χ4v) is 3.61. The summed E-state index contributed by atoms with van der Waals surface area (Å²) in [5, 5.41) is 1.23. The molecule has 0 amide bonds. The maximum Gasteiger partial charge on any atom is 0.127 e. The Kier molecular flexibility index (Phi) is 3.42. The minimum Gasteiger partial charge on any atom is -0.207 e. The lowest BCUT2D eigenvalue weighted by atomic mass is 10.1. The lowest BCUT2D eigenvalue weighted by Crippen LogP contribution is -1.92. The molecule has 0 atom stereocenters. The van der Waals surface area contributed by atoms with Crippen molar-refractivity contribution in [3.05, 3.63) is 68.8 Å². The van der Waals surface area contributed by atoms with Gasteiger partial charge in [-0.2, -0.15) is 0 Å². The number of aryl methyl sites for hydroxylation is 1. The number of benzene rings is 2. The molecule has 0 saturated carbocycles. The van der Waals surface area contributed by atoms with E-state index in [0.29, 0.717) is 6.42 Å². The molecular formula is C16H12BrFS. The second-order valence-corrected chi connectivity index (χ2v) is 6.64. The Labute approximate surface area is 124 Å². The van der Waals surface area contributed by atoms with Gasteiger partial charge in [-0.25, -0.2) is 4.39 Å². The van der Waals surface area contributed by atoms with Crippen LogP contribution in [0.5, 0.6) is 0 Å². The van der Waals surface area contributed by atoms with Gasteiger partial charge in [0.25, 0.3) is 0 Å². The monoisotopic (exact) mass is 334 g/mol. The van der Waals surface area contributed by atoms with Gasteiger partial charge in [-0.05, 0) is 47.7 Å². The lowest BCUT2D eigenvalue weighted by molar-refractivity contribution is 0.612. The summed E-state index contributed by atoms with van der Waals surface area (Å²) < 4.78 is 16.2. The molecule has 0 spiro atoms. The maximum absolute atomic E-state index is 14.0. The van der Waals surface area contributed by atoms with Crippen molar-refractivity contribution in [2.24, 2.45) is 0 Å². The molecule has 19 heavy (non-hydrogen) atoms. The molecule has 3 aromatic rings. The second kappa shape index (κ2) is 5.06. The molecule has 0 unspecified atom stereocenters. The first-order chi connectivity index (χ1) is 9.13. The summed E-state index contributed by atoms with van der Waals surface area (Å²) in [6, 6.07) is 13.9. The van der Waals surface area contributed by atoms with E-state index in [4.69, 9.17) is 0 Å². The van der Waals surface area contributed by atoms with E-state index in [1.807, 2.05) is 25.1 Å². The molecule has 0 aliphatic carbocycles. The molecule has 2 aromatic carbocycles. The van der Waals surface area contributed by atoms with Gasteiger partial charge >= 0.3 is 0 Å². The highest BCUT2D eigenvalue weighted by atomic mass is 79.9. The molecule has 1 aromatic heterocycles. The summed E-state index contributed by atoms with van der Waals surface area (Å²) in [4.78, 5) is 1.19. The topological polar surface area (TPSA) is 0 Å². The first-order valence-corrected chi connectivity index (χ1v) is 7.66. The van der Waals surface area contributed by atoms with Gasteiger partial charge in [0.2, 0.25) is 0 Å². The van der Waals surface area contributed by atoms with Crippen molar-refractivity contribution >= 4 is 37.4 Å². The van der Waals surface area contributed by atoms with Crippen LogP contribution in [0.3, 0.4) is 0 Å². The quantitative estimate of drug-likeness (QED) is 0.563. The zero-order valence-electron chi connectivity index (χ0n) is 10.4. The van der Waals surface area contributed by atoms with E-state index in [-0.39, 0.29) is 5.82 Å². The smallest absolute Gasteiger partial charge is 0.127 e. The number of hydrogen-bond donors (Lipinski definition) is 0. The van der Waals surface area contributed by atoms with Crippen LogP contribution in [0.25, 0.3) is 10.1 Å². The Balaban J connectivity index is 1.98. The SMILES string of the molecule is Cc1cc(F)c(Cc2cc3ccccc3s2)cc1Br. The first kappa shape index (κ1) is 12.8. The number of hydrogen-bond acceptors (Lipinski definition) is 1. The molecule has 0 nitrogen and oxygen atoms in total. The van der Waals surface area contributed by atoms with Gasteiger partial charge in [-0.1, -0.05) is 34.1 Å². The Morgan fingerprint density at radius 3 is 2.74 bits per heavy atom. The van der Waals surface area contributed by atoms with Crippen LogP contribution in [-0.2, 0) is 6.42 Å². The molecular weight excluding hydrogens is 323 g/mol. The average molecular weight is 335 g/mol. The van der Waals surface area contributed by atoms with Crippen molar-refractivity contribution < 1.29 is 4.39 Å². The van der Waals surface area contributed by atoms with E-state index in [9.17, 15) is 4.39 Å². The highest BCUT2D eigenvalue weighted by Gasteiger charge is 2.09. The standard InChI is InChI=1S/C16H12BrFS/c1-10-6-15(18)12(9-14(10)17)8-13-7-11-4-2-3-5-16(11)19-13/h2-7,9H,8H2,1H3. The first-order valence-electron chi connectivity index (χ1n) is 6.05. The van der Waals surface area contributed by atoms with Crippen LogP contribution in [0.1, 0.15) is 16.0 Å². The highest BCUT2D eigenvalue weighted by Crippen LogP contribution is 2.29. The van der Waals surface area contributed by atoms with E-state index < -0.39 is 0 Å². The summed E-state index contributed by atoms with van der Waals surface area (Å²) in [5.74, 6) is -0.127. The Morgan fingerprint density at radius 1 is 1.16 bits per heavy atom. The molecule has 0 bridgehead atoms. The normalized spacial score (nSPS) is 11.1. The molecule has 3 heteroatoms. The summed E-state index contributed by atoms with van der Waals surface area (Å²) in [6.45, 7) is 1.90. The minimum absolute atomic E-state index is 0.127. The van der Waals surface area contributed by atoms with Crippen LogP contribution < -0.4 is 0 Å². The minimum atomic E-state index is -0.127. The van der Waals surface area contributed by atoms with Crippen molar-refractivity contribution in [1.82, 2.24) is 0 Å². The van der Waals surface area contributed by atoms with Crippen LogP contribution in [0.2, 0.25) is 0 Å². The summed E-state index contributed by atoms with van der Waals surface area (Å²) >= 11 is 5.19. The largest absolute Gasteiger partial charge is 0.207 e. The lowest BCUT2D eigenvalue weighted by Gasteiger charge is -2.05. The zero-order chi connectivity index (χ0) is 13.4. The molecule has 0 N–H and O–H groups in total. The molecule has 3 rings (SSSR count). The van der Waals surface area contributed by atoms with E-state index >= 15 is 0 Å². The molecule has 0 radical (unpaired) electrons. The molecule has 1 heterocycles. The third-order valence-corrected chi connectivity index (χ3v) is 5.14. The Morgan fingerprint density at radius 2 is 1.95 bits per heavy atom. The summed E-state index contributed by atoms with van der Waals surface area (Å²) in [6.07, 6.45) is 0.643. The van der Waals surface area contributed by atoms with E-state index in [0.717, 1.165) is 15.6 Å². The van der Waals surface area contributed by atoms with Crippen LogP contribution in [0.15, 0.2) is 46.9 Å². The van der Waals surface area contributed by atoms with Gasteiger partial charge in [0, 0.05) is 20.5 Å². The van der Waals surface area contributed by atoms with Crippen molar-refractivity contribution in [1.29, 1.82) is 0 Å². The van der Waals surface area contributed by atoms with Crippen LogP contribution >= 0.6 is 27.3 Å². The van der Waals surface area contributed by atoms with E-state index in [1.54, 1.807) is 17.4 Å². The van der Waals surface area contributed by atoms with Crippen LogP contribution in [0.4, 0.5) is 4.39 Å². The second-order valence-electron chi connectivity index (χ2n) is 4.62. The number of thiophene rings is 1. The summed E-state index contributed by atoms with van der Waals surface area (Å²) in [7, 11) is 0. The fraction of sp³-hybridized carbons (Fsp3) is 0.125. The third-order valence-electron chi connectivity index (χ3n) is 3.17. The van der Waals surface area contributed by atoms with Gasteiger partial charge in [-0.15, -0.1) is 11.3 Å². The number of rotatable bonds is 2. The van der Waals surface area contributed by atoms with Gasteiger partial charge in [0.1, 0.15) is 5.82 Å². The number of fused-ring (bicyclic) bond motifs is 1. The maximum atomic E-state index is 14.0. The van der Waals surface area contributed by atoms with Crippen LogP contribution in [-0.4, -0.2) is 0 Å². The predicted octanol–water partition coefficient (Wildman–Crippen LogP) is 5.70.